The molecular formula is C24H20ClN3O4. The summed E-state index contributed by atoms with van der Waals surface area (Å²) in [5.41, 5.74) is 2.09. The number of nitrogens with zero attached hydrogens (tertiary/aromatic N) is 2. The smallest absolute Gasteiger partial charge is 0.291 e. The molecule has 7 nitrogen and oxygen atoms in total. The minimum atomic E-state index is -0.389. The quantitative estimate of drug-likeness (QED) is 0.373. The molecule has 0 aliphatic carbocycles. The lowest BCUT2D eigenvalue weighted by Gasteiger charge is -2.05. The Balaban J connectivity index is 1.32. The summed E-state index contributed by atoms with van der Waals surface area (Å²) in [6, 6.07) is 17.6. The van der Waals surface area contributed by atoms with Crippen LogP contribution >= 0.6 is 11.6 Å². The van der Waals surface area contributed by atoms with Crippen molar-refractivity contribution in [1.29, 1.82) is 0 Å². The molecule has 32 heavy (non-hydrogen) atoms. The average Bonchev–Trinajstić information content (AvgIpc) is 3.44. The molecular weight excluding hydrogens is 430 g/mol. The fourth-order valence-electron chi connectivity index (χ4n) is 3.03. The summed E-state index contributed by atoms with van der Waals surface area (Å²) in [5.74, 6) is 0.866. The molecule has 0 radical (unpaired) electrons. The third kappa shape index (κ3) is 5.25. The monoisotopic (exact) mass is 449 g/mol. The normalized spacial score (nSPS) is 10.7. The van der Waals surface area contributed by atoms with Gasteiger partial charge in [-0.05, 0) is 55.0 Å². The van der Waals surface area contributed by atoms with Crippen molar-refractivity contribution in [3.8, 4) is 5.75 Å². The van der Waals surface area contributed by atoms with Crippen LogP contribution in [0.3, 0.4) is 0 Å². The largest absolute Gasteiger partial charge is 0.486 e. The third-order valence-corrected chi connectivity index (χ3v) is 5.08. The van der Waals surface area contributed by atoms with Gasteiger partial charge in [0, 0.05) is 16.8 Å². The molecule has 1 amide bonds. The van der Waals surface area contributed by atoms with Crippen molar-refractivity contribution >= 4 is 29.0 Å². The first-order chi connectivity index (χ1) is 15.5. The van der Waals surface area contributed by atoms with Gasteiger partial charge in [0.2, 0.25) is 0 Å². The summed E-state index contributed by atoms with van der Waals surface area (Å²) < 4.78 is 12.9. The predicted molar refractivity (Wildman–Crippen MR) is 120 cm³/mol. The fourth-order valence-corrected chi connectivity index (χ4v) is 3.22. The average molecular weight is 450 g/mol. The highest BCUT2D eigenvalue weighted by Crippen LogP contribution is 2.19. The van der Waals surface area contributed by atoms with Crippen molar-refractivity contribution in [2.24, 2.45) is 0 Å². The fraction of sp³-hybridized carbons (Fsp3) is 0.125. The number of rotatable bonds is 8. The van der Waals surface area contributed by atoms with Crippen LogP contribution in [0.15, 0.2) is 77.5 Å². The number of ketones is 1. The molecule has 0 saturated carbocycles. The summed E-state index contributed by atoms with van der Waals surface area (Å²) >= 11 is 6.18. The highest BCUT2D eigenvalue weighted by molar-refractivity contribution is 6.31. The first kappa shape index (κ1) is 21.4. The van der Waals surface area contributed by atoms with E-state index in [4.69, 9.17) is 20.8 Å². The number of carbonyl (C=O) groups excluding carboxylic acids is 2. The Morgan fingerprint density at radius 1 is 1.09 bits per heavy atom. The van der Waals surface area contributed by atoms with Crippen LogP contribution in [0, 0.1) is 0 Å². The lowest BCUT2D eigenvalue weighted by molar-refractivity contribution is 0.0990. The van der Waals surface area contributed by atoms with E-state index in [2.05, 4.69) is 10.4 Å². The van der Waals surface area contributed by atoms with Gasteiger partial charge in [-0.3, -0.25) is 14.3 Å². The first-order valence-corrected chi connectivity index (χ1v) is 10.3. The number of anilines is 1. The maximum Gasteiger partial charge on any atom is 0.291 e. The zero-order valence-electron chi connectivity index (χ0n) is 17.2. The molecule has 0 unspecified atom stereocenters. The molecule has 1 N–H and O–H groups in total. The van der Waals surface area contributed by atoms with Gasteiger partial charge in [-0.15, -0.1) is 0 Å². The van der Waals surface area contributed by atoms with Crippen LogP contribution in [0.2, 0.25) is 5.02 Å². The van der Waals surface area contributed by atoms with Crippen molar-refractivity contribution in [2.45, 2.75) is 20.1 Å². The standard InChI is InChI=1S/C24H20ClN3O4/c1-16(29)17-6-8-20(9-7-17)31-15-21-10-11-23(32-21)24(30)27-19-12-26-28(14-19)13-18-4-2-3-5-22(18)25/h2-12,14H,13,15H2,1H3,(H,27,30). The maximum atomic E-state index is 12.5. The summed E-state index contributed by atoms with van der Waals surface area (Å²) in [7, 11) is 0. The van der Waals surface area contributed by atoms with Gasteiger partial charge in [0.1, 0.15) is 18.1 Å². The van der Waals surface area contributed by atoms with Gasteiger partial charge in [-0.2, -0.15) is 5.10 Å². The zero-order chi connectivity index (χ0) is 22.5. The number of amides is 1. The van der Waals surface area contributed by atoms with Gasteiger partial charge in [-0.25, -0.2) is 0 Å². The number of aromatic nitrogens is 2. The van der Waals surface area contributed by atoms with Gasteiger partial charge in [-0.1, -0.05) is 29.8 Å². The van der Waals surface area contributed by atoms with Crippen LogP contribution in [-0.4, -0.2) is 21.5 Å². The zero-order valence-corrected chi connectivity index (χ0v) is 18.0. The molecule has 2 aromatic carbocycles. The molecule has 4 aromatic rings. The Morgan fingerprint density at radius 2 is 1.88 bits per heavy atom. The number of furan rings is 1. The molecule has 0 aliphatic heterocycles. The van der Waals surface area contributed by atoms with E-state index in [-0.39, 0.29) is 24.1 Å². The van der Waals surface area contributed by atoms with E-state index >= 15 is 0 Å². The van der Waals surface area contributed by atoms with Crippen LogP contribution < -0.4 is 10.1 Å². The number of benzene rings is 2. The molecule has 2 aromatic heterocycles. The number of Topliss-reactive ketones (excluding diaryl/α,β-unsaturated/α-hetero) is 1. The number of halogens is 1. The number of carbonyl (C=O) groups is 2. The van der Waals surface area contributed by atoms with Gasteiger partial charge < -0.3 is 14.5 Å². The summed E-state index contributed by atoms with van der Waals surface area (Å²) in [4.78, 5) is 23.8. The second-order valence-corrected chi connectivity index (χ2v) is 7.51. The lowest BCUT2D eigenvalue weighted by Crippen LogP contribution is -2.10. The predicted octanol–water partition coefficient (Wildman–Crippen LogP) is 5.21. The van der Waals surface area contributed by atoms with Gasteiger partial charge in [0.15, 0.2) is 11.5 Å². The van der Waals surface area contributed by atoms with Crippen molar-refractivity contribution in [2.75, 3.05) is 5.32 Å². The van der Waals surface area contributed by atoms with E-state index in [0.29, 0.717) is 34.3 Å². The number of hydrogen-bond acceptors (Lipinski definition) is 5. The first-order valence-electron chi connectivity index (χ1n) is 9.87. The van der Waals surface area contributed by atoms with Crippen LogP contribution in [-0.2, 0) is 13.2 Å². The molecule has 0 bridgehead atoms. The van der Waals surface area contributed by atoms with Crippen LogP contribution in [0.4, 0.5) is 5.69 Å². The Hall–Kier alpha value is -3.84. The second-order valence-electron chi connectivity index (χ2n) is 7.11. The molecule has 0 fully saturated rings. The van der Waals surface area contributed by atoms with E-state index in [1.807, 2.05) is 24.3 Å². The molecule has 0 atom stereocenters. The third-order valence-electron chi connectivity index (χ3n) is 4.71. The molecule has 162 valence electrons. The van der Waals surface area contributed by atoms with Gasteiger partial charge >= 0.3 is 0 Å². The summed E-state index contributed by atoms with van der Waals surface area (Å²) in [5, 5.41) is 7.68. The summed E-state index contributed by atoms with van der Waals surface area (Å²) in [6.45, 7) is 2.16. The van der Waals surface area contributed by atoms with E-state index in [1.165, 1.54) is 6.92 Å². The van der Waals surface area contributed by atoms with E-state index in [9.17, 15) is 9.59 Å². The van der Waals surface area contributed by atoms with Crippen molar-refractivity contribution in [3.63, 3.8) is 0 Å². The highest BCUT2D eigenvalue weighted by Gasteiger charge is 2.13. The van der Waals surface area contributed by atoms with Gasteiger partial charge in [0.05, 0.1) is 18.4 Å². The topological polar surface area (TPSA) is 86.4 Å². The molecule has 8 heteroatoms. The Bertz CT molecular complexity index is 1240. The van der Waals surface area contributed by atoms with E-state index in [1.54, 1.807) is 53.5 Å². The SMILES string of the molecule is CC(=O)c1ccc(OCc2ccc(C(=O)Nc3cnn(Cc4ccccc4Cl)c3)o2)cc1. The second kappa shape index (κ2) is 9.53. The van der Waals surface area contributed by atoms with E-state index in [0.717, 1.165) is 5.56 Å². The minimum Gasteiger partial charge on any atom is -0.486 e. The maximum absolute atomic E-state index is 12.5. The lowest BCUT2D eigenvalue weighted by atomic mass is 10.1. The molecule has 0 aliphatic rings. The molecule has 2 heterocycles. The van der Waals surface area contributed by atoms with E-state index < -0.39 is 0 Å². The molecule has 0 saturated heterocycles. The van der Waals surface area contributed by atoms with Crippen LogP contribution in [0.1, 0.15) is 39.2 Å². The number of hydrogen-bond donors (Lipinski definition) is 1. The Kier molecular flexibility index (Phi) is 6.37. The number of ether oxygens (including phenoxy) is 1. The van der Waals surface area contributed by atoms with Gasteiger partial charge in [0.25, 0.3) is 5.91 Å². The highest BCUT2D eigenvalue weighted by atomic mass is 35.5. The van der Waals surface area contributed by atoms with Crippen LogP contribution in [0.25, 0.3) is 0 Å². The summed E-state index contributed by atoms with van der Waals surface area (Å²) in [6.07, 6.45) is 3.28. The number of nitrogens with one attached hydrogen (secondary N) is 1. The Morgan fingerprint density at radius 3 is 2.62 bits per heavy atom. The molecule has 0 spiro atoms. The van der Waals surface area contributed by atoms with Crippen molar-refractivity contribution in [3.05, 3.63) is 101 Å². The van der Waals surface area contributed by atoms with Crippen LogP contribution in [0.5, 0.6) is 5.75 Å². The van der Waals surface area contributed by atoms with Crippen molar-refractivity contribution < 1.29 is 18.7 Å². The minimum absolute atomic E-state index is 0.00681. The molecule has 4 rings (SSSR count). The van der Waals surface area contributed by atoms with Crippen molar-refractivity contribution in [1.82, 2.24) is 9.78 Å². The Labute approximate surface area is 189 Å².